The van der Waals surface area contributed by atoms with Crippen molar-refractivity contribution in [1.82, 2.24) is 9.97 Å². The summed E-state index contributed by atoms with van der Waals surface area (Å²) in [5.74, 6) is 0.690. The van der Waals surface area contributed by atoms with E-state index in [1.807, 2.05) is 6.92 Å². The Morgan fingerprint density at radius 1 is 1.24 bits per heavy atom. The van der Waals surface area contributed by atoms with E-state index in [4.69, 9.17) is 23.2 Å². The van der Waals surface area contributed by atoms with Gasteiger partial charge in [-0.3, -0.25) is 4.79 Å². The van der Waals surface area contributed by atoms with Gasteiger partial charge in [0.1, 0.15) is 0 Å². The second kappa shape index (κ2) is 7.99. The Kier molecular flexibility index (Phi) is 5.73. The van der Waals surface area contributed by atoms with E-state index in [1.165, 1.54) is 4.90 Å². The third kappa shape index (κ3) is 4.39. The van der Waals surface area contributed by atoms with E-state index >= 15 is 0 Å². The first-order valence-corrected chi connectivity index (χ1v) is 8.92. The minimum absolute atomic E-state index is 0.0522. The molecule has 25 heavy (non-hydrogen) atoms. The Morgan fingerprint density at radius 3 is 2.56 bits per heavy atom. The maximum Gasteiger partial charge on any atom is 0.282 e. The second-order valence-corrected chi connectivity index (χ2v) is 6.87. The van der Waals surface area contributed by atoms with Crippen molar-refractivity contribution in [3.63, 3.8) is 0 Å². The normalized spacial score (nSPS) is 16.5. The van der Waals surface area contributed by atoms with Crippen molar-refractivity contribution in [2.45, 2.75) is 13.0 Å². The number of anilines is 2. The first-order chi connectivity index (χ1) is 12.0. The third-order valence-corrected chi connectivity index (χ3v) is 4.98. The second-order valence-electron chi connectivity index (χ2n) is 6.03. The molecule has 1 aromatic heterocycles. The van der Waals surface area contributed by atoms with Gasteiger partial charge in [-0.25, -0.2) is 9.97 Å². The molecule has 6 nitrogen and oxygen atoms in total. The SMILES string of the molecule is C[C@H](C(=O)Nc1ccc(Cl)cc1Cl)[NH+]1CCN(c2ncccn2)CC1. The lowest BCUT2D eigenvalue weighted by atomic mass is 10.2. The molecule has 2 N–H and O–H groups in total. The molecule has 1 saturated heterocycles. The minimum Gasteiger partial charge on any atom is -0.330 e. The zero-order chi connectivity index (χ0) is 17.8. The van der Waals surface area contributed by atoms with Gasteiger partial charge in [0.05, 0.1) is 36.9 Å². The minimum atomic E-state index is -0.175. The highest BCUT2D eigenvalue weighted by molar-refractivity contribution is 6.36. The molecule has 8 heteroatoms. The lowest BCUT2D eigenvalue weighted by molar-refractivity contribution is -0.914. The van der Waals surface area contributed by atoms with E-state index in [9.17, 15) is 4.79 Å². The van der Waals surface area contributed by atoms with Crippen molar-refractivity contribution in [2.24, 2.45) is 0 Å². The molecule has 0 spiro atoms. The predicted octanol–water partition coefficient (Wildman–Crippen LogP) is 1.52. The Bertz CT molecular complexity index is 735. The van der Waals surface area contributed by atoms with E-state index in [2.05, 4.69) is 20.2 Å². The highest BCUT2D eigenvalue weighted by Crippen LogP contribution is 2.25. The van der Waals surface area contributed by atoms with Crippen LogP contribution in [0.3, 0.4) is 0 Å². The van der Waals surface area contributed by atoms with Gasteiger partial charge in [-0.1, -0.05) is 23.2 Å². The summed E-state index contributed by atoms with van der Waals surface area (Å²) in [6.45, 7) is 5.27. The molecule has 1 aliphatic heterocycles. The molecule has 0 bridgehead atoms. The molecular weight excluding hydrogens is 361 g/mol. The maximum absolute atomic E-state index is 12.5. The standard InChI is InChI=1S/C17H19Cl2N5O/c1-12(16(25)22-15-4-3-13(18)11-14(15)19)23-7-9-24(10-8-23)17-20-5-2-6-21-17/h2-6,11-12H,7-10H2,1H3,(H,22,25)/p+1/t12-/m1/s1. The monoisotopic (exact) mass is 380 g/mol. The van der Waals surface area contributed by atoms with Crippen LogP contribution in [0.15, 0.2) is 36.7 Å². The van der Waals surface area contributed by atoms with Gasteiger partial charge in [0.2, 0.25) is 5.95 Å². The molecule has 1 aliphatic rings. The molecule has 1 atom stereocenters. The lowest BCUT2D eigenvalue weighted by Gasteiger charge is -2.34. The van der Waals surface area contributed by atoms with Crippen LogP contribution in [-0.4, -0.2) is 48.1 Å². The number of halogens is 2. The number of nitrogens with one attached hydrogen (secondary N) is 2. The number of amides is 1. The van der Waals surface area contributed by atoms with Crippen molar-refractivity contribution in [2.75, 3.05) is 36.4 Å². The summed E-state index contributed by atoms with van der Waals surface area (Å²) in [6.07, 6.45) is 3.49. The van der Waals surface area contributed by atoms with Crippen LogP contribution in [-0.2, 0) is 4.79 Å². The predicted molar refractivity (Wildman–Crippen MR) is 99.5 cm³/mol. The van der Waals surface area contributed by atoms with Crippen LogP contribution in [0.1, 0.15) is 6.92 Å². The van der Waals surface area contributed by atoms with Crippen LogP contribution in [0.5, 0.6) is 0 Å². The molecule has 3 rings (SSSR count). The number of nitrogens with zero attached hydrogens (tertiary/aromatic N) is 3. The lowest BCUT2D eigenvalue weighted by Crippen LogP contribution is -3.19. The highest BCUT2D eigenvalue weighted by atomic mass is 35.5. The Morgan fingerprint density at radius 2 is 1.92 bits per heavy atom. The van der Waals surface area contributed by atoms with Gasteiger partial charge in [-0.15, -0.1) is 0 Å². The van der Waals surface area contributed by atoms with E-state index < -0.39 is 0 Å². The first-order valence-electron chi connectivity index (χ1n) is 8.17. The van der Waals surface area contributed by atoms with Gasteiger partial charge in [0.25, 0.3) is 5.91 Å². The molecule has 2 heterocycles. The van der Waals surface area contributed by atoms with Crippen molar-refractivity contribution >= 4 is 40.7 Å². The average Bonchev–Trinajstić information content (AvgIpc) is 2.64. The first kappa shape index (κ1) is 17.9. The number of rotatable bonds is 4. The number of hydrogen-bond donors (Lipinski definition) is 2. The van der Waals surface area contributed by atoms with Crippen LogP contribution in [0.25, 0.3) is 0 Å². The quantitative estimate of drug-likeness (QED) is 0.843. The van der Waals surface area contributed by atoms with E-state index in [1.54, 1.807) is 36.7 Å². The van der Waals surface area contributed by atoms with E-state index in [-0.39, 0.29) is 11.9 Å². The number of hydrogen-bond acceptors (Lipinski definition) is 4. The zero-order valence-electron chi connectivity index (χ0n) is 13.9. The van der Waals surface area contributed by atoms with E-state index in [0.717, 1.165) is 32.1 Å². The molecule has 2 aromatic rings. The summed E-state index contributed by atoms with van der Waals surface area (Å²) in [4.78, 5) is 24.5. The Hall–Kier alpha value is -1.89. The fraction of sp³-hybridized carbons (Fsp3) is 0.353. The van der Waals surface area contributed by atoms with Gasteiger partial charge < -0.3 is 15.1 Å². The van der Waals surface area contributed by atoms with Gasteiger partial charge >= 0.3 is 0 Å². The average molecular weight is 381 g/mol. The number of benzene rings is 1. The van der Waals surface area contributed by atoms with Crippen molar-refractivity contribution in [3.8, 4) is 0 Å². The van der Waals surface area contributed by atoms with E-state index in [0.29, 0.717) is 15.7 Å². The molecule has 0 radical (unpaired) electrons. The number of piperazine rings is 1. The number of carbonyl (C=O) groups is 1. The molecule has 0 saturated carbocycles. The number of carbonyl (C=O) groups excluding carboxylic acids is 1. The summed E-state index contributed by atoms with van der Waals surface area (Å²) < 4.78 is 0. The smallest absolute Gasteiger partial charge is 0.282 e. The molecule has 0 unspecified atom stereocenters. The van der Waals surface area contributed by atoms with Crippen molar-refractivity contribution < 1.29 is 9.69 Å². The molecule has 0 aliphatic carbocycles. The fourth-order valence-electron chi connectivity index (χ4n) is 2.90. The maximum atomic E-state index is 12.5. The molecule has 132 valence electrons. The van der Waals surface area contributed by atoms with Gasteiger partial charge in [0, 0.05) is 17.4 Å². The number of quaternary nitrogens is 1. The van der Waals surface area contributed by atoms with Crippen molar-refractivity contribution in [3.05, 3.63) is 46.7 Å². The van der Waals surface area contributed by atoms with Gasteiger partial charge in [-0.05, 0) is 31.2 Å². The summed E-state index contributed by atoms with van der Waals surface area (Å²) >= 11 is 12.0. The van der Waals surface area contributed by atoms with Crippen LogP contribution in [0, 0.1) is 0 Å². The largest absolute Gasteiger partial charge is 0.330 e. The number of aromatic nitrogens is 2. The van der Waals surface area contributed by atoms with Gasteiger partial charge in [0.15, 0.2) is 6.04 Å². The Balaban J connectivity index is 1.56. The fourth-order valence-corrected chi connectivity index (χ4v) is 3.35. The van der Waals surface area contributed by atoms with Gasteiger partial charge in [-0.2, -0.15) is 0 Å². The molecule has 1 aromatic carbocycles. The summed E-state index contributed by atoms with van der Waals surface area (Å²) in [5, 5.41) is 3.87. The van der Waals surface area contributed by atoms with Crippen LogP contribution in [0.2, 0.25) is 10.0 Å². The summed E-state index contributed by atoms with van der Waals surface area (Å²) in [7, 11) is 0. The zero-order valence-corrected chi connectivity index (χ0v) is 15.4. The molecule has 1 amide bonds. The summed E-state index contributed by atoms with van der Waals surface area (Å²) in [6, 6.07) is 6.67. The van der Waals surface area contributed by atoms with Crippen molar-refractivity contribution in [1.29, 1.82) is 0 Å². The summed E-state index contributed by atoms with van der Waals surface area (Å²) in [5.41, 5.74) is 0.582. The highest BCUT2D eigenvalue weighted by Gasteiger charge is 2.30. The molecule has 1 fully saturated rings. The van der Waals surface area contributed by atoms with Crippen LogP contribution < -0.4 is 15.1 Å². The molecular formula is C17H20Cl2N5O+. The topological polar surface area (TPSA) is 62.6 Å². The van der Waals surface area contributed by atoms with Crippen LogP contribution >= 0.6 is 23.2 Å². The third-order valence-electron chi connectivity index (χ3n) is 4.44. The Labute approximate surface area is 156 Å². The van der Waals surface area contributed by atoms with Crippen LogP contribution in [0.4, 0.5) is 11.6 Å².